The van der Waals surface area contributed by atoms with Crippen molar-refractivity contribution in [3.63, 3.8) is 0 Å². The predicted octanol–water partition coefficient (Wildman–Crippen LogP) is 6.32. The number of hydrogen-bond acceptors (Lipinski definition) is 3. The summed E-state index contributed by atoms with van der Waals surface area (Å²) >= 11 is 12.7. The van der Waals surface area contributed by atoms with E-state index < -0.39 is 0 Å². The lowest BCUT2D eigenvalue weighted by molar-refractivity contribution is 0.0744. The lowest BCUT2D eigenvalue weighted by Gasteiger charge is -2.26. The number of halogens is 2. The number of nitrogens with zero attached hydrogens (tertiary/aromatic N) is 3. The van der Waals surface area contributed by atoms with E-state index >= 15 is 0 Å². The lowest BCUT2D eigenvalue weighted by atomic mass is 10.1. The molecule has 1 amide bonds. The van der Waals surface area contributed by atoms with Crippen LogP contribution in [0.15, 0.2) is 48.5 Å². The van der Waals surface area contributed by atoms with Crippen molar-refractivity contribution in [1.82, 2.24) is 20.0 Å². The van der Waals surface area contributed by atoms with Gasteiger partial charge in [-0.3, -0.25) is 14.8 Å². The minimum atomic E-state index is -0.168. The Morgan fingerprint density at radius 1 is 1.03 bits per heavy atom. The van der Waals surface area contributed by atoms with Crippen LogP contribution in [0.1, 0.15) is 55.2 Å². The van der Waals surface area contributed by atoms with Crippen LogP contribution in [0.3, 0.4) is 0 Å². The quantitative estimate of drug-likeness (QED) is 0.439. The van der Waals surface area contributed by atoms with Crippen LogP contribution in [-0.2, 0) is 6.42 Å². The van der Waals surface area contributed by atoms with Gasteiger partial charge in [0.15, 0.2) is 5.69 Å². The van der Waals surface area contributed by atoms with Gasteiger partial charge in [-0.1, -0.05) is 55.1 Å². The maximum Gasteiger partial charge on any atom is 0.286 e. The van der Waals surface area contributed by atoms with Crippen molar-refractivity contribution in [3.05, 3.63) is 70.0 Å². The molecule has 32 heavy (non-hydrogen) atoms. The summed E-state index contributed by atoms with van der Waals surface area (Å²) in [6.45, 7) is 3.88. The smallest absolute Gasteiger partial charge is 0.286 e. The molecule has 0 unspecified atom stereocenters. The zero-order valence-corrected chi connectivity index (χ0v) is 19.8. The second kappa shape index (κ2) is 10.5. The van der Waals surface area contributed by atoms with Gasteiger partial charge < -0.3 is 0 Å². The fraction of sp³-hybridized carbons (Fsp3) is 0.360. The number of amides is 1. The van der Waals surface area contributed by atoms with Gasteiger partial charge in [-0.25, -0.2) is 9.99 Å². The molecule has 1 fully saturated rings. The highest BCUT2D eigenvalue weighted by Crippen LogP contribution is 2.32. The van der Waals surface area contributed by atoms with Gasteiger partial charge >= 0.3 is 0 Å². The number of benzene rings is 2. The molecular formula is C25H28Cl2N4O. The molecule has 1 aliphatic heterocycles. The molecular weight excluding hydrogens is 443 g/mol. The van der Waals surface area contributed by atoms with Crippen LogP contribution >= 0.6 is 23.2 Å². The van der Waals surface area contributed by atoms with E-state index in [0.717, 1.165) is 62.1 Å². The second-order valence-corrected chi connectivity index (χ2v) is 8.96. The number of nitrogens with one attached hydrogen (secondary N) is 1. The molecule has 0 atom stereocenters. The van der Waals surface area contributed by atoms with Crippen LogP contribution in [0, 0.1) is 0 Å². The molecule has 3 aromatic rings. The number of piperidine rings is 1. The van der Waals surface area contributed by atoms with E-state index in [2.05, 4.69) is 16.9 Å². The van der Waals surface area contributed by atoms with Gasteiger partial charge in [-0.15, -0.1) is 0 Å². The molecule has 1 aromatic heterocycles. The predicted molar refractivity (Wildman–Crippen MR) is 131 cm³/mol. The number of hydrogen-bond donors (Lipinski definition) is 1. The molecule has 1 saturated heterocycles. The number of carbonyl (C=O) groups is 1. The van der Waals surface area contributed by atoms with Gasteiger partial charge in [0.1, 0.15) is 5.82 Å². The molecule has 5 nitrogen and oxygen atoms in total. The summed E-state index contributed by atoms with van der Waals surface area (Å²) in [6, 6.07) is 15.2. The Hall–Kier alpha value is -2.34. The number of imidazole rings is 1. The SMILES string of the molecule is CCCCc1c(C(=O)NN2CCCCC2)nc(-c2ccccc2Cl)n1-c1ccc(Cl)cc1. The Morgan fingerprint density at radius 3 is 2.44 bits per heavy atom. The Labute approximate surface area is 199 Å². The van der Waals surface area contributed by atoms with E-state index in [0.29, 0.717) is 21.6 Å². The average Bonchev–Trinajstić information content (AvgIpc) is 3.18. The van der Waals surface area contributed by atoms with Crippen LogP contribution in [0.25, 0.3) is 17.1 Å². The molecule has 7 heteroatoms. The Balaban J connectivity index is 1.85. The zero-order chi connectivity index (χ0) is 22.5. The first-order valence-electron chi connectivity index (χ1n) is 11.3. The molecule has 168 valence electrons. The highest BCUT2D eigenvalue weighted by molar-refractivity contribution is 6.33. The van der Waals surface area contributed by atoms with Crippen molar-refractivity contribution in [2.45, 2.75) is 45.4 Å². The van der Waals surface area contributed by atoms with Crippen LogP contribution in [0.5, 0.6) is 0 Å². The van der Waals surface area contributed by atoms with Crippen LogP contribution < -0.4 is 5.43 Å². The van der Waals surface area contributed by atoms with E-state index in [1.165, 1.54) is 6.42 Å². The molecule has 2 heterocycles. The van der Waals surface area contributed by atoms with Gasteiger partial charge in [0.25, 0.3) is 5.91 Å². The molecule has 0 saturated carbocycles. The summed E-state index contributed by atoms with van der Waals surface area (Å²) in [7, 11) is 0. The first-order valence-corrected chi connectivity index (χ1v) is 12.0. The van der Waals surface area contributed by atoms with E-state index in [-0.39, 0.29) is 5.91 Å². The van der Waals surface area contributed by atoms with Gasteiger partial charge in [0.2, 0.25) is 0 Å². The maximum atomic E-state index is 13.4. The molecule has 0 radical (unpaired) electrons. The normalized spacial score (nSPS) is 14.5. The van der Waals surface area contributed by atoms with Crippen molar-refractivity contribution in [1.29, 1.82) is 0 Å². The van der Waals surface area contributed by atoms with Crippen molar-refractivity contribution in [2.24, 2.45) is 0 Å². The standard InChI is InChI=1S/C25H28Cl2N4O/c1-2-3-11-22-23(25(32)29-30-16-7-4-8-17-30)28-24(20-9-5-6-10-21(20)27)31(22)19-14-12-18(26)13-15-19/h5-6,9-10,12-15H,2-4,7-8,11,16-17H2,1H3,(H,29,32). The van der Waals surface area contributed by atoms with Gasteiger partial charge in [-0.05, 0) is 62.1 Å². The molecule has 1 aliphatic rings. The average molecular weight is 471 g/mol. The third-order valence-electron chi connectivity index (χ3n) is 5.77. The summed E-state index contributed by atoms with van der Waals surface area (Å²) in [5.41, 5.74) is 6.12. The van der Waals surface area contributed by atoms with E-state index in [1.54, 1.807) is 0 Å². The number of carbonyl (C=O) groups excluding carboxylic acids is 1. The highest BCUT2D eigenvalue weighted by atomic mass is 35.5. The first-order chi connectivity index (χ1) is 15.6. The Morgan fingerprint density at radius 2 is 1.75 bits per heavy atom. The first kappa shape index (κ1) is 22.8. The van der Waals surface area contributed by atoms with Crippen LogP contribution in [0.2, 0.25) is 10.0 Å². The van der Waals surface area contributed by atoms with Crippen LogP contribution in [0.4, 0.5) is 0 Å². The summed E-state index contributed by atoms with van der Waals surface area (Å²) in [4.78, 5) is 18.2. The Kier molecular flexibility index (Phi) is 7.51. The van der Waals surface area contributed by atoms with E-state index in [9.17, 15) is 4.79 Å². The minimum absolute atomic E-state index is 0.168. The molecule has 0 spiro atoms. The summed E-state index contributed by atoms with van der Waals surface area (Å²) in [6.07, 6.45) is 6.08. The minimum Gasteiger partial charge on any atom is -0.296 e. The number of unbranched alkanes of at least 4 members (excludes halogenated alkanes) is 1. The molecule has 0 bridgehead atoms. The largest absolute Gasteiger partial charge is 0.296 e. The monoisotopic (exact) mass is 470 g/mol. The Bertz CT molecular complexity index is 1070. The van der Waals surface area contributed by atoms with Gasteiger partial charge in [0, 0.05) is 29.4 Å². The van der Waals surface area contributed by atoms with E-state index in [1.807, 2.05) is 53.5 Å². The lowest BCUT2D eigenvalue weighted by Crippen LogP contribution is -2.45. The van der Waals surface area contributed by atoms with Crippen molar-refractivity contribution < 1.29 is 4.79 Å². The fourth-order valence-electron chi connectivity index (χ4n) is 4.10. The highest BCUT2D eigenvalue weighted by Gasteiger charge is 2.26. The summed E-state index contributed by atoms with van der Waals surface area (Å²) < 4.78 is 2.05. The number of rotatable bonds is 7. The van der Waals surface area contributed by atoms with Crippen molar-refractivity contribution in [2.75, 3.05) is 13.1 Å². The van der Waals surface area contributed by atoms with Gasteiger partial charge in [-0.2, -0.15) is 0 Å². The molecule has 4 rings (SSSR count). The third-order valence-corrected chi connectivity index (χ3v) is 6.35. The summed E-state index contributed by atoms with van der Waals surface area (Å²) in [5.74, 6) is 0.492. The van der Waals surface area contributed by atoms with Gasteiger partial charge in [0.05, 0.1) is 10.7 Å². The third kappa shape index (κ3) is 5.01. The van der Waals surface area contributed by atoms with E-state index in [4.69, 9.17) is 28.2 Å². The van der Waals surface area contributed by atoms with Crippen molar-refractivity contribution in [3.8, 4) is 17.1 Å². The molecule has 1 N–H and O–H groups in total. The second-order valence-electron chi connectivity index (χ2n) is 8.11. The molecule has 0 aliphatic carbocycles. The summed E-state index contributed by atoms with van der Waals surface area (Å²) in [5, 5.41) is 3.26. The van der Waals surface area contributed by atoms with Crippen molar-refractivity contribution >= 4 is 29.1 Å². The molecule has 2 aromatic carbocycles. The fourth-order valence-corrected chi connectivity index (χ4v) is 4.45. The maximum absolute atomic E-state index is 13.4. The zero-order valence-electron chi connectivity index (χ0n) is 18.3. The van der Waals surface area contributed by atoms with Crippen LogP contribution in [-0.4, -0.2) is 33.6 Å². The number of hydrazine groups is 1. The topological polar surface area (TPSA) is 50.2 Å². The number of aromatic nitrogens is 2.